The van der Waals surface area contributed by atoms with Crippen LogP contribution in [0.1, 0.15) is 24.4 Å². The minimum Gasteiger partial charge on any atom is -0.492 e. The number of hydrogen-bond acceptors (Lipinski definition) is 3. The molecule has 0 spiro atoms. The number of para-hydroxylation sites is 1. The van der Waals surface area contributed by atoms with Gasteiger partial charge in [-0.25, -0.2) is 0 Å². The lowest BCUT2D eigenvalue weighted by molar-refractivity contribution is -0.123. The average molecular weight is 268 g/mol. The Morgan fingerprint density at radius 1 is 1.44 bits per heavy atom. The van der Waals surface area contributed by atoms with Crippen LogP contribution in [0.15, 0.2) is 18.2 Å². The first kappa shape index (κ1) is 11.8. The zero-order valence-electron chi connectivity index (χ0n) is 9.82. The van der Waals surface area contributed by atoms with Gasteiger partial charge in [0.25, 0.3) is 5.91 Å². The minimum atomic E-state index is -0.267. The standard InChI is InChI=1S/C13H14ClNO3/c14-9-4-1-3-8-10(5-2-6-17-12(8)9)15-13(16)11-7-18-11/h1,3-4,10-11H,2,5-7H2,(H,15,16). The van der Waals surface area contributed by atoms with Crippen molar-refractivity contribution in [3.05, 3.63) is 28.8 Å². The Hall–Kier alpha value is -1.26. The summed E-state index contributed by atoms with van der Waals surface area (Å²) in [5, 5.41) is 3.60. The van der Waals surface area contributed by atoms with Gasteiger partial charge in [0.2, 0.25) is 0 Å². The minimum absolute atomic E-state index is 0.0436. The van der Waals surface area contributed by atoms with E-state index in [-0.39, 0.29) is 18.1 Å². The van der Waals surface area contributed by atoms with E-state index in [0.29, 0.717) is 24.0 Å². The Labute approximate surface area is 110 Å². The molecule has 2 unspecified atom stereocenters. The quantitative estimate of drug-likeness (QED) is 0.835. The van der Waals surface area contributed by atoms with Gasteiger partial charge in [-0.05, 0) is 18.9 Å². The van der Waals surface area contributed by atoms with Crippen molar-refractivity contribution in [2.75, 3.05) is 13.2 Å². The smallest absolute Gasteiger partial charge is 0.252 e. The van der Waals surface area contributed by atoms with E-state index in [0.717, 1.165) is 18.4 Å². The third-order valence-electron chi connectivity index (χ3n) is 3.20. The molecule has 1 amide bonds. The van der Waals surface area contributed by atoms with E-state index in [1.165, 1.54) is 0 Å². The maximum Gasteiger partial charge on any atom is 0.252 e. The zero-order chi connectivity index (χ0) is 12.5. The van der Waals surface area contributed by atoms with Crippen molar-refractivity contribution >= 4 is 17.5 Å². The molecule has 18 heavy (non-hydrogen) atoms. The summed E-state index contributed by atoms with van der Waals surface area (Å²) in [6.45, 7) is 1.15. The molecule has 0 radical (unpaired) electrons. The number of carbonyl (C=O) groups is 1. The fourth-order valence-corrected chi connectivity index (χ4v) is 2.42. The maximum atomic E-state index is 11.8. The number of carbonyl (C=O) groups excluding carboxylic acids is 1. The Bertz CT molecular complexity index is 473. The predicted octanol–water partition coefficient (Wildman–Crippen LogP) is 2.07. The Morgan fingerprint density at radius 3 is 3.06 bits per heavy atom. The van der Waals surface area contributed by atoms with E-state index in [1.54, 1.807) is 6.07 Å². The number of benzene rings is 1. The third-order valence-corrected chi connectivity index (χ3v) is 3.50. The molecule has 2 aliphatic rings. The van der Waals surface area contributed by atoms with Gasteiger partial charge in [0.15, 0.2) is 6.10 Å². The van der Waals surface area contributed by atoms with Gasteiger partial charge >= 0.3 is 0 Å². The lowest BCUT2D eigenvalue weighted by atomic mass is 10.0. The number of epoxide rings is 1. The van der Waals surface area contributed by atoms with Gasteiger partial charge in [-0.2, -0.15) is 0 Å². The van der Waals surface area contributed by atoms with Gasteiger partial charge in [0.1, 0.15) is 5.75 Å². The normalized spacial score (nSPS) is 25.6. The summed E-state index contributed by atoms with van der Waals surface area (Å²) in [7, 11) is 0. The summed E-state index contributed by atoms with van der Waals surface area (Å²) in [6.07, 6.45) is 1.48. The van der Waals surface area contributed by atoms with Crippen LogP contribution in [0.3, 0.4) is 0 Å². The molecular formula is C13H14ClNO3. The van der Waals surface area contributed by atoms with E-state index in [1.807, 2.05) is 12.1 Å². The lowest BCUT2D eigenvalue weighted by Crippen LogP contribution is -2.31. The summed E-state index contributed by atoms with van der Waals surface area (Å²) in [6, 6.07) is 5.58. The first-order chi connectivity index (χ1) is 8.75. The van der Waals surface area contributed by atoms with Gasteiger partial charge in [-0.3, -0.25) is 4.79 Å². The predicted molar refractivity (Wildman–Crippen MR) is 66.8 cm³/mol. The van der Waals surface area contributed by atoms with Crippen LogP contribution in [0.4, 0.5) is 0 Å². The van der Waals surface area contributed by atoms with E-state index in [2.05, 4.69) is 5.32 Å². The summed E-state index contributed by atoms with van der Waals surface area (Å²) in [4.78, 5) is 11.8. The van der Waals surface area contributed by atoms with E-state index >= 15 is 0 Å². The highest BCUT2D eigenvalue weighted by molar-refractivity contribution is 6.32. The monoisotopic (exact) mass is 267 g/mol. The Kier molecular flexibility index (Phi) is 3.14. The molecule has 0 aliphatic carbocycles. The molecule has 0 saturated carbocycles. The van der Waals surface area contributed by atoms with Gasteiger partial charge < -0.3 is 14.8 Å². The zero-order valence-corrected chi connectivity index (χ0v) is 10.6. The number of fused-ring (bicyclic) bond motifs is 1. The molecule has 2 heterocycles. The van der Waals surface area contributed by atoms with Crippen molar-refractivity contribution in [1.29, 1.82) is 0 Å². The first-order valence-electron chi connectivity index (χ1n) is 6.09. The molecule has 96 valence electrons. The van der Waals surface area contributed by atoms with Crippen molar-refractivity contribution in [3.63, 3.8) is 0 Å². The molecule has 4 nitrogen and oxygen atoms in total. The van der Waals surface area contributed by atoms with Crippen LogP contribution < -0.4 is 10.1 Å². The fraction of sp³-hybridized carbons (Fsp3) is 0.462. The van der Waals surface area contributed by atoms with E-state index < -0.39 is 0 Å². The largest absolute Gasteiger partial charge is 0.492 e. The highest BCUT2D eigenvalue weighted by Gasteiger charge is 2.33. The van der Waals surface area contributed by atoms with Crippen molar-refractivity contribution < 1.29 is 14.3 Å². The molecule has 1 aromatic rings. The van der Waals surface area contributed by atoms with Crippen LogP contribution in [-0.2, 0) is 9.53 Å². The number of amides is 1. The second kappa shape index (κ2) is 4.78. The highest BCUT2D eigenvalue weighted by atomic mass is 35.5. The van der Waals surface area contributed by atoms with Crippen molar-refractivity contribution in [2.24, 2.45) is 0 Å². The first-order valence-corrected chi connectivity index (χ1v) is 6.46. The number of hydrogen-bond donors (Lipinski definition) is 1. The third kappa shape index (κ3) is 2.31. The molecule has 1 N–H and O–H groups in total. The summed E-state index contributed by atoms with van der Waals surface area (Å²) in [5.74, 6) is 0.645. The SMILES string of the molecule is O=C(NC1CCCOc2c(Cl)cccc21)C1CO1. The van der Waals surface area contributed by atoms with Crippen molar-refractivity contribution in [1.82, 2.24) is 5.32 Å². The van der Waals surface area contributed by atoms with Crippen molar-refractivity contribution in [2.45, 2.75) is 25.0 Å². The second-order valence-corrected chi connectivity index (χ2v) is 4.94. The van der Waals surface area contributed by atoms with Gasteiger partial charge in [0, 0.05) is 5.56 Å². The average Bonchev–Trinajstić information content (AvgIpc) is 3.17. The van der Waals surface area contributed by atoms with Crippen LogP contribution in [-0.4, -0.2) is 25.2 Å². The lowest BCUT2D eigenvalue weighted by Gasteiger charge is -2.18. The van der Waals surface area contributed by atoms with Gasteiger partial charge in [-0.1, -0.05) is 23.7 Å². The Balaban J connectivity index is 1.86. The fourth-order valence-electron chi connectivity index (χ4n) is 2.18. The molecule has 2 aliphatic heterocycles. The second-order valence-electron chi connectivity index (χ2n) is 4.53. The van der Waals surface area contributed by atoms with Gasteiger partial charge in [0.05, 0.1) is 24.3 Å². The molecule has 1 aromatic carbocycles. The van der Waals surface area contributed by atoms with E-state index in [9.17, 15) is 4.79 Å². The number of nitrogens with one attached hydrogen (secondary N) is 1. The number of rotatable bonds is 2. The van der Waals surface area contributed by atoms with Crippen LogP contribution in [0.25, 0.3) is 0 Å². The molecule has 1 saturated heterocycles. The van der Waals surface area contributed by atoms with Gasteiger partial charge in [-0.15, -0.1) is 0 Å². The molecular weight excluding hydrogens is 254 g/mol. The Morgan fingerprint density at radius 2 is 2.28 bits per heavy atom. The summed E-state index contributed by atoms with van der Waals surface area (Å²) in [5.41, 5.74) is 0.953. The molecule has 5 heteroatoms. The number of ether oxygens (including phenoxy) is 2. The summed E-state index contributed by atoms with van der Waals surface area (Å²) >= 11 is 6.13. The number of halogens is 1. The van der Waals surface area contributed by atoms with E-state index in [4.69, 9.17) is 21.1 Å². The summed E-state index contributed by atoms with van der Waals surface area (Å²) < 4.78 is 10.6. The topological polar surface area (TPSA) is 50.9 Å². The highest BCUT2D eigenvalue weighted by Crippen LogP contribution is 2.37. The van der Waals surface area contributed by atoms with Crippen LogP contribution in [0.5, 0.6) is 5.75 Å². The van der Waals surface area contributed by atoms with Crippen LogP contribution in [0.2, 0.25) is 5.02 Å². The molecule has 0 bridgehead atoms. The molecule has 2 atom stereocenters. The molecule has 1 fully saturated rings. The van der Waals surface area contributed by atoms with Crippen molar-refractivity contribution in [3.8, 4) is 5.75 Å². The van der Waals surface area contributed by atoms with Crippen LogP contribution in [0, 0.1) is 0 Å². The molecule has 0 aromatic heterocycles. The maximum absolute atomic E-state index is 11.8. The van der Waals surface area contributed by atoms with Crippen LogP contribution >= 0.6 is 11.6 Å². The molecule has 3 rings (SSSR count).